The Bertz CT molecular complexity index is 2490. The van der Waals surface area contributed by atoms with Crippen LogP contribution in [0.3, 0.4) is 0 Å². The van der Waals surface area contributed by atoms with Crippen LogP contribution in [0.5, 0.6) is 0 Å². The normalized spacial score (nSPS) is 18.0. The van der Waals surface area contributed by atoms with Crippen molar-refractivity contribution in [2.45, 2.75) is 44.9 Å². The fourth-order valence-corrected chi connectivity index (χ4v) is 9.21. The minimum Gasteiger partial charge on any atom is -0.369 e. The number of primary amides is 1. The van der Waals surface area contributed by atoms with Crippen LogP contribution in [-0.2, 0) is 9.59 Å². The van der Waals surface area contributed by atoms with Crippen molar-refractivity contribution in [3.63, 3.8) is 0 Å². The summed E-state index contributed by atoms with van der Waals surface area (Å²) in [6, 6.07) is 27.0. The second-order valence-electron chi connectivity index (χ2n) is 16.6. The lowest BCUT2D eigenvalue weighted by molar-refractivity contribution is -0.134. The van der Waals surface area contributed by atoms with Crippen LogP contribution in [0, 0.1) is 17.7 Å². The van der Waals surface area contributed by atoms with Gasteiger partial charge in [0.05, 0.1) is 12.1 Å². The molecule has 4 heterocycles. The van der Waals surface area contributed by atoms with E-state index in [4.69, 9.17) is 17.3 Å². The fourth-order valence-electron chi connectivity index (χ4n) is 8.98. The molecule has 3 fully saturated rings. The minimum absolute atomic E-state index is 0.0909. The van der Waals surface area contributed by atoms with Gasteiger partial charge in [0.2, 0.25) is 23.7 Å². The van der Waals surface area contributed by atoms with Crippen LogP contribution in [0.4, 0.5) is 33.2 Å². The van der Waals surface area contributed by atoms with Gasteiger partial charge in [-0.25, -0.2) is 14.4 Å². The van der Waals surface area contributed by atoms with E-state index < -0.39 is 11.7 Å². The first-order chi connectivity index (χ1) is 31.0. The molecular weight excluding hydrogens is 835 g/mol. The van der Waals surface area contributed by atoms with Crippen LogP contribution in [-0.4, -0.2) is 89.3 Å². The van der Waals surface area contributed by atoms with Crippen molar-refractivity contribution in [2.75, 3.05) is 61.3 Å². The number of benzene rings is 4. The first kappa shape index (κ1) is 44.2. The Balaban J connectivity index is 0.789. The molecule has 2 unspecified atom stereocenters. The van der Waals surface area contributed by atoms with Gasteiger partial charge in [0.25, 0.3) is 5.91 Å². The summed E-state index contributed by atoms with van der Waals surface area (Å²) in [7, 11) is 0. The molecule has 64 heavy (non-hydrogen) atoms. The molecule has 3 aliphatic heterocycles. The lowest BCUT2D eigenvalue weighted by Crippen LogP contribution is -2.50. The van der Waals surface area contributed by atoms with Gasteiger partial charge in [-0.05, 0) is 103 Å². The smallest absolute Gasteiger partial charge is 0.265 e. The molecule has 4 amide bonds. The molecule has 4 aromatic carbocycles. The summed E-state index contributed by atoms with van der Waals surface area (Å²) in [5.41, 5.74) is 13.8. The SMILES string of the molecule is CCC(CN1CCN(c2ccc(C3CCC(=O)NC3=O)cc2)CC1)C1CCN(NC(=O)c2ccc(Nc3ncc(F)c(Nc4ccc(C(N)=O)c(-c5ccccc5Cl)c4)n3)cc2)CC1. The summed E-state index contributed by atoms with van der Waals surface area (Å²) < 4.78 is 14.9. The number of nitrogens with one attached hydrogen (secondary N) is 4. The maximum absolute atomic E-state index is 14.9. The van der Waals surface area contributed by atoms with E-state index in [1.165, 1.54) is 0 Å². The Morgan fingerprint density at radius 1 is 0.875 bits per heavy atom. The zero-order valence-electron chi connectivity index (χ0n) is 35.7. The third-order valence-corrected chi connectivity index (χ3v) is 12.9. The summed E-state index contributed by atoms with van der Waals surface area (Å²) in [5, 5.41) is 10.9. The molecule has 6 N–H and O–H groups in total. The van der Waals surface area contributed by atoms with E-state index in [0.717, 1.165) is 82.5 Å². The van der Waals surface area contributed by atoms with Gasteiger partial charge < -0.3 is 21.3 Å². The zero-order valence-corrected chi connectivity index (χ0v) is 36.4. The highest BCUT2D eigenvalue weighted by Crippen LogP contribution is 2.34. The summed E-state index contributed by atoms with van der Waals surface area (Å²) >= 11 is 6.42. The highest BCUT2D eigenvalue weighted by molar-refractivity contribution is 6.33. The first-order valence-corrected chi connectivity index (χ1v) is 22.2. The van der Waals surface area contributed by atoms with Crippen molar-refractivity contribution < 1.29 is 23.6 Å². The fraction of sp³-hybridized carbons (Fsp3) is 0.333. The zero-order chi connectivity index (χ0) is 44.7. The number of aromatic nitrogens is 2. The number of carbonyl (C=O) groups excluding carboxylic acids is 4. The average Bonchev–Trinajstić information content (AvgIpc) is 3.30. The van der Waals surface area contributed by atoms with Crippen LogP contribution in [0.15, 0.2) is 97.2 Å². The number of hydrogen-bond acceptors (Lipinski definition) is 11. The summed E-state index contributed by atoms with van der Waals surface area (Å²) in [6.45, 7) is 8.78. The van der Waals surface area contributed by atoms with Gasteiger partial charge in [-0.3, -0.25) is 34.8 Å². The van der Waals surface area contributed by atoms with E-state index in [-0.39, 0.29) is 41.0 Å². The third-order valence-electron chi connectivity index (χ3n) is 12.6. The molecule has 0 saturated carbocycles. The number of piperazine rings is 1. The minimum atomic E-state index is -0.686. The molecule has 16 heteroatoms. The molecule has 3 aliphatic rings. The van der Waals surface area contributed by atoms with E-state index in [1.807, 2.05) is 17.1 Å². The molecule has 14 nitrogen and oxygen atoms in total. The summed E-state index contributed by atoms with van der Waals surface area (Å²) in [5.74, 6) is -0.970. The Morgan fingerprint density at radius 3 is 2.28 bits per heavy atom. The van der Waals surface area contributed by atoms with E-state index >= 15 is 0 Å². The number of halogens is 2. The van der Waals surface area contributed by atoms with Gasteiger partial charge >= 0.3 is 0 Å². The van der Waals surface area contributed by atoms with Crippen LogP contribution in [0.25, 0.3) is 11.1 Å². The second kappa shape index (κ2) is 20.0. The topological polar surface area (TPSA) is 178 Å². The van der Waals surface area contributed by atoms with Crippen molar-refractivity contribution in [1.29, 1.82) is 0 Å². The largest absolute Gasteiger partial charge is 0.369 e. The van der Waals surface area contributed by atoms with E-state index in [0.29, 0.717) is 57.8 Å². The van der Waals surface area contributed by atoms with Gasteiger partial charge in [0.1, 0.15) is 0 Å². The van der Waals surface area contributed by atoms with Crippen LogP contribution < -0.4 is 32.0 Å². The molecule has 0 bridgehead atoms. The molecule has 5 aromatic rings. The molecule has 1 aromatic heterocycles. The number of rotatable bonds is 14. The quantitative estimate of drug-likeness (QED) is 0.0710. The van der Waals surface area contributed by atoms with Crippen LogP contribution in [0.1, 0.15) is 71.2 Å². The van der Waals surface area contributed by atoms with Gasteiger partial charge in [0.15, 0.2) is 11.6 Å². The highest BCUT2D eigenvalue weighted by Gasteiger charge is 2.30. The van der Waals surface area contributed by atoms with Crippen molar-refractivity contribution >= 4 is 64.1 Å². The summed E-state index contributed by atoms with van der Waals surface area (Å²) in [6.07, 6.45) is 5.11. The first-order valence-electron chi connectivity index (χ1n) is 21.8. The number of hydrogen-bond donors (Lipinski definition) is 5. The van der Waals surface area contributed by atoms with Gasteiger partial charge in [0, 0.05) is 91.0 Å². The molecule has 0 radical (unpaired) electrons. The predicted octanol–water partition coefficient (Wildman–Crippen LogP) is 7.25. The molecule has 2 atom stereocenters. The number of carbonyl (C=O) groups is 4. The van der Waals surface area contributed by atoms with E-state index in [9.17, 15) is 23.6 Å². The number of nitrogens with two attached hydrogens (primary N) is 1. The van der Waals surface area contributed by atoms with Crippen molar-refractivity contribution in [3.05, 3.63) is 125 Å². The van der Waals surface area contributed by atoms with Crippen molar-refractivity contribution in [1.82, 2.24) is 30.6 Å². The number of hydrazine groups is 1. The predicted molar refractivity (Wildman–Crippen MR) is 246 cm³/mol. The Labute approximate surface area is 376 Å². The molecule has 8 rings (SSSR count). The lowest BCUT2D eigenvalue weighted by Gasteiger charge is -2.41. The van der Waals surface area contributed by atoms with Crippen LogP contribution in [0.2, 0.25) is 5.02 Å². The molecule has 0 aliphatic carbocycles. The number of piperidine rings is 2. The average molecular weight is 887 g/mol. The number of anilines is 5. The van der Waals surface area contributed by atoms with E-state index in [1.54, 1.807) is 66.7 Å². The second-order valence-corrected chi connectivity index (χ2v) is 17.0. The van der Waals surface area contributed by atoms with Gasteiger partial charge in [-0.1, -0.05) is 55.3 Å². The van der Waals surface area contributed by atoms with Gasteiger partial charge in [-0.2, -0.15) is 4.98 Å². The van der Waals surface area contributed by atoms with Gasteiger partial charge in [-0.15, -0.1) is 0 Å². The third kappa shape index (κ3) is 10.5. The van der Waals surface area contributed by atoms with Crippen LogP contribution >= 0.6 is 11.6 Å². The Morgan fingerprint density at radius 2 is 1.59 bits per heavy atom. The maximum atomic E-state index is 14.9. The Kier molecular flexibility index (Phi) is 13.8. The monoisotopic (exact) mass is 886 g/mol. The molecule has 3 saturated heterocycles. The standard InChI is InChI=1S/C48H52ClFN10O4/c1-2-30(29-58-23-25-59(26-24-58)36-14-9-32(10-15-36)37-17-18-43(61)55-47(37)64)31-19-21-60(22-20-31)57-46(63)33-7-11-34(12-8-33)54-48-52-28-42(50)45(56-48)53-35-13-16-39(44(51)62)40(27-35)38-5-3-4-6-41(38)49/h3-16,27-28,30-31,37H,2,17-26,29H2,1H3,(H2,51,62)(H,57,63)(H,55,61,64)(H2,52,53,54,56). The Hall–Kier alpha value is -6.42. The maximum Gasteiger partial charge on any atom is 0.265 e. The number of nitrogens with zero attached hydrogens (tertiary/aromatic N) is 5. The number of imide groups is 1. The summed E-state index contributed by atoms with van der Waals surface area (Å²) in [4.78, 5) is 62.8. The van der Waals surface area contributed by atoms with E-state index in [2.05, 4.69) is 60.2 Å². The molecule has 0 spiro atoms. The van der Waals surface area contributed by atoms with Crippen molar-refractivity contribution in [2.24, 2.45) is 17.6 Å². The number of amides is 4. The highest BCUT2D eigenvalue weighted by atomic mass is 35.5. The lowest BCUT2D eigenvalue weighted by atomic mass is 9.82. The molecule has 332 valence electrons. The van der Waals surface area contributed by atoms with Crippen molar-refractivity contribution in [3.8, 4) is 11.1 Å². The molecular formula is C48H52ClFN10O4.